The standard InChI is InChI=1S/C11H15N5O4/c1-4-14-9(12)6-10(15-4)13-3-16(6)11-8(19)7(18)5(2-17)20-11/h3,5,7-8,11,17-19H,2H2,1H3,(H2,12,14,15)/t5-,7+,8+,11-/m0/s1. The molecular weight excluding hydrogens is 266 g/mol. The molecule has 3 heterocycles. The molecule has 0 saturated carbocycles. The monoisotopic (exact) mass is 281 g/mol. The summed E-state index contributed by atoms with van der Waals surface area (Å²) in [5.41, 5.74) is 6.66. The van der Waals surface area contributed by atoms with Gasteiger partial charge in [-0.15, -0.1) is 0 Å². The third-order valence-corrected chi connectivity index (χ3v) is 3.36. The lowest BCUT2D eigenvalue weighted by atomic mass is 10.1. The van der Waals surface area contributed by atoms with Crippen molar-refractivity contribution in [3.05, 3.63) is 12.2 Å². The van der Waals surface area contributed by atoms with Gasteiger partial charge in [-0.3, -0.25) is 4.57 Å². The molecule has 0 unspecified atom stereocenters. The molecule has 5 N–H and O–H groups in total. The maximum atomic E-state index is 10.0. The number of aromatic nitrogens is 4. The van der Waals surface area contributed by atoms with Crippen molar-refractivity contribution in [3.8, 4) is 0 Å². The summed E-state index contributed by atoms with van der Waals surface area (Å²) in [6, 6.07) is 0. The summed E-state index contributed by atoms with van der Waals surface area (Å²) in [6.45, 7) is 1.30. The number of nitrogens with zero attached hydrogens (tertiary/aromatic N) is 4. The molecule has 1 aliphatic rings. The molecule has 2 aromatic heterocycles. The topological polar surface area (TPSA) is 140 Å². The first-order valence-electron chi connectivity index (χ1n) is 6.12. The van der Waals surface area contributed by atoms with Crippen LogP contribution in [0.3, 0.4) is 0 Å². The van der Waals surface area contributed by atoms with Gasteiger partial charge in [0.1, 0.15) is 36.0 Å². The van der Waals surface area contributed by atoms with Gasteiger partial charge in [-0.05, 0) is 6.92 Å². The number of hydrogen-bond acceptors (Lipinski definition) is 8. The Kier molecular flexibility index (Phi) is 3.05. The van der Waals surface area contributed by atoms with E-state index in [0.29, 0.717) is 17.0 Å². The van der Waals surface area contributed by atoms with Gasteiger partial charge in [-0.2, -0.15) is 0 Å². The Morgan fingerprint density at radius 1 is 1.35 bits per heavy atom. The summed E-state index contributed by atoms with van der Waals surface area (Å²) in [5, 5.41) is 28.9. The fourth-order valence-corrected chi connectivity index (χ4v) is 2.39. The van der Waals surface area contributed by atoms with Crippen molar-refractivity contribution in [2.75, 3.05) is 12.3 Å². The van der Waals surface area contributed by atoms with E-state index in [0.717, 1.165) is 0 Å². The van der Waals surface area contributed by atoms with Gasteiger partial charge in [0.25, 0.3) is 0 Å². The largest absolute Gasteiger partial charge is 0.394 e. The van der Waals surface area contributed by atoms with Crippen LogP contribution in [0, 0.1) is 6.92 Å². The molecule has 1 fully saturated rings. The minimum Gasteiger partial charge on any atom is -0.394 e. The van der Waals surface area contributed by atoms with Crippen LogP contribution < -0.4 is 5.73 Å². The van der Waals surface area contributed by atoms with Gasteiger partial charge in [0.2, 0.25) is 0 Å². The molecule has 9 heteroatoms. The van der Waals surface area contributed by atoms with Gasteiger partial charge in [0.15, 0.2) is 17.7 Å². The van der Waals surface area contributed by atoms with E-state index in [1.165, 1.54) is 10.9 Å². The maximum Gasteiger partial charge on any atom is 0.183 e. The van der Waals surface area contributed by atoms with Crippen LogP contribution in [-0.4, -0.2) is 59.8 Å². The summed E-state index contributed by atoms with van der Waals surface area (Å²) in [7, 11) is 0. The van der Waals surface area contributed by atoms with E-state index in [9.17, 15) is 10.2 Å². The first-order chi connectivity index (χ1) is 9.52. The highest BCUT2D eigenvalue weighted by Gasteiger charge is 2.44. The van der Waals surface area contributed by atoms with Gasteiger partial charge in [0, 0.05) is 0 Å². The van der Waals surface area contributed by atoms with Crippen molar-refractivity contribution < 1.29 is 20.1 Å². The SMILES string of the molecule is Cc1nc(N)c2c(ncn2[C@H]2O[C@@H](CO)[C@@H](O)[C@H]2O)n1. The minimum atomic E-state index is -1.20. The highest BCUT2D eigenvalue weighted by atomic mass is 16.6. The van der Waals surface area contributed by atoms with E-state index < -0.39 is 31.1 Å². The second kappa shape index (κ2) is 4.63. The van der Waals surface area contributed by atoms with E-state index >= 15 is 0 Å². The third-order valence-electron chi connectivity index (χ3n) is 3.36. The molecule has 1 saturated heterocycles. The summed E-state index contributed by atoms with van der Waals surface area (Å²) < 4.78 is 6.90. The van der Waals surface area contributed by atoms with Crippen LogP contribution in [0.2, 0.25) is 0 Å². The van der Waals surface area contributed by atoms with E-state index in [4.69, 9.17) is 15.6 Å². The Labute approximate surface area is 113 Å². The summed E-state index contributed by atoms with van der Waals surface area (Å²) >= 11 is 0. The second-order valence-electron chi connectivity index (χ2n) is 4.71. The Morgan fingerprint density at radius 2 is 2.10 bits per heavy atom. The van der Waals surface area contributed by atoms with Crippen LogP contribution in [0.25, 0.3) is 11.2 Å². The first kappa shape index (κ1) is 13.2. The number of fused-ring (bicyclic) bond motifs is 1. The predicted octanol–water partition coefficient (Wildman–Crippen LogP) is -1.67. The summed E-state index contributed by atoms with van der Waals surface area (Å²) in [4.78, 5) is 12.3. The fraction of sp³-hybridized carbons (Fsp3) is 0.545. The second-order valence-corrected chi connectivity index (χ2v) is 4.71. The van der Waals surface area contributed by atoms with Crippen LogP contribution in [0.4, 0.5) is 5.82 Å². The lowest BCUT2D eigenvalue weighted by Crippen LogP contribution is -2.33. The van der Waals surface area contributed by atoms with Gasteiger partial charge < -0.3 is 25.8 Å². The summed E-state index contributed by atoms with van der Waals surface area (Å²) in [6.07, 6.45) is -2.74. The van der Waals surface area contributed by atoms with E-state index in [1.54, 1.807) is 6.92 Å². The normalized spacial score (nSPS) is 30.2. The number of anilines is 1. The van der Waals surface area contributed by atoms with Crippen molar-refractivity contribution in [1.29, 1.82) is 0 Å². The van der Waals surface area contributed by atoms with Crippen molar-refractivity contribution >= 4 is 17.0 Å². The molecule has 0 bridgehead atoms. The number of nitrogen functional groups attached to an aromatic ring is 1. The van der Waals surface area contributed by atoms with Crippen molar-refractivity contribution in [3.63, 3.8) is 0 Å². The molecule has 0 spiro atoms. The third kappa shape index (κ3) is 1.83. The number of hydrogen-bond donors (Lipinski definition) is 4. The average molecular weight is 281 g/mol. The molecule has 108 valence electrons. The number of aliphatic hydroxyl groups excluding tert-OH is 3. The first-order valence-corrected chi connectivity index (χ1v) is 6.12. The molecule has 0 aliphatic carbocycles. The Morgan fingerprint density at radius 3 is 2.75 bits per heavy atom. The van der Waals surface area contributed by atoms with Gasteiger partial charge in [0.05, 0.1) is 6.61 Å². The smallest absolute Gasteiger partial charge is 0.183 e. The number of aryl methyl sites for hydroxylation is 1. The lowest BCUT2D eigenvalue weighted by molar-refractivity contribution is -0.0508. The van der Waals surface area contributed by atoms with E-state index in [2.05, 4.69) is 15.0 Å². The molecule has 0 radical (unpaired) electrons. The Balaban J connectivity index is 2.07. The van der Waals surface area contributed by atoms with E-state index in [-0.39, 0.29) is 5.82 Å². The number of nitrogens with two attached hydrogens (primary N) is 1. The number of ether oxygens (including phenoxy) is 1. The Hall–Kier alpha value is -1.81. The molecule has 9 nitrogen and oxygen atoms in total. The van der Waals surface area contributed by atoms with Crippen LogP contribution in [-0.2, 0) is 4.74 Å². The number of rotatable bonds is 2. The zero-order chi connectivity index (χ0) is 14.4. The average Bonchev–Trinajstić information content (AvgIpc) is 2.93. The van der Waals surface area contributed by atoms with Crippen molar-refractivity contribution in [2.24, 2.45) is 0 Å². The highest BCUT2D eigenvalue weighted by Crippen LogP contribution is 2.32. The predicted molar refractivity (Wildman–Crippen MR) is 67.5 cm³/mol. The minimum absolute atomic E-state index is 0.211. The maximum absolute atomic E-state index is 10.0. The van der Waals surface area contributed by atoms with E-state index in [1.807, 2.05) is 0 Å². The Bertz CT molecular complexity index is 645. The molecule has 1 aliphatic heterocycles. The molecule has 20 heavy (non-hydrogen) atoms. The number of imidazole rings is 1. The van der Waals surface area contributed by atoms with Crippen molar-refractivity contribution in [1.82, 2.24) is 19.5 Å². The molecular formula is C11H15N5O4. The zero-order valence-corrected chi connectivity index (χ0v) is 10.7. The van der Waals surface area contributed by atoms with Gasteiger partial charge in [-0.25, -0.2) is 15.0 Å². The lowest BCUT2D eigenvalue weighted by Gasteiger charge is -2.17. The summed E-state index contributed by atoms with van der Waals surface area (Å²) in [5.74, 6) is 0.698. The molecule has 0 aromatic carbocycles. The van der Waals surface area contributed by atoms with Crippen LogP contribution in [0.1, 0.15) is 12.1 Å². The highest BCUT2D eigenvalue weighted by molar-refractivity contribution is 5.81. The molecule has 4 atom stereocenters. The molecule has 2 aromatic rings. The molecule has 0 amide bonds. The van der Waals surface area contributed by atoms with Crippen LogP contribution in [0.15, 0.2) is 6.33 Å². The number of aliphatic hydroxyl groups is 3. The van der Waals surface area contributed by atoms with Crippen LogP contribution >= 0.6 is 0 Å². The van der Waals surface area contributed by atoms with Crippen LogP contribution in [0.5, 0.6) is 0 Å². The van der Waals surface area contributed by atoms with Gasteiger partial charge >= 0.3 is 0 Å². The molecule has 3 rings (SSSR count). The quantitative estimate of drug-likeness (QED) is 0.512. The fourth-order valence-electron chi connectivity index (χ4n) is 2.39. The van der Waals surface area contributed by atoms with Gasteiger partial charge in [-0.1, -0.05) is 0 Å². The zero-order valence-electron chi connectivity index (χ0n) is 10.7. The van der Waals surface area contributed by atoms with Crippen molar-refractivity contribution in [2.45, 2.75) is 31.5 Å².